The lowest BCUT2D eigenvalue weighted by Crippen LogP contribution is -1.96. The first kappa shape index (κ1) is 18.5. The standard InChI is InChI=1S/C27H17ClFN/c28-21-14-10-20(11-15-21)27-26(19-12-16-22(29)17-13-19)25(18-6-2-1-3-7-18)23-8-4-5-9-24(23)30-27/h1-17H. The summed E-state index contributed by atoms with van der Waals surface area (Å²) in [5.74, 6) is -0.262. The molecule has 0 amide bonds. The summed E-state index contributed by atoms with van der Waals surface area (Å²) in [6.07, 6.45) is 0. The van der Waals surface area contributed by atoms with Crippen LogP contribution in [0.2, 0.25) is 5.02 Å². The van der Waals surface area contributed by atoms with Gasteiger partial charge in [-0.1, -0.05) is 84.4 Å². The van der Waals surface area contributed by atoms with Gasteiger partial charge in [-0.05, 0) is 41.5 Å². The molecule has 0 atom stereocenters. The summed E-state index contributed by atoms with van der Waals surface area (Å²) >= 11 is 6.13. The average Bonchev–Trinajstić information content (AvgIpc) is 2.79. The summed E-state index contributed by atoms with van der Waals surface area (Å²) in [5, 5.41) is 1.73. The fourth-order valence-electron chi connectivity index (χ4n) is 3.83. The molecule has 0 aliphatic heterocycles. The summed E-state index contributed by atoms with van der Waals surface area (Å²) in [6, 6.07) is 32.7. The largest absolute Gasteiger partial charge is 0.247 e. The molecule has 0 spiro atoms. The fraction of sp³-hybridized carbons (Fsp3) is 0. The molecule has 0 unspecified atom stereocenters. The van der Waals surface area contributed by atoms with Crippen molar-refractivity contribution >= 4 is 22.5 Å². The second-order valence-electron chi connectivity index (χ2n) is 7.11. The maximum absolute atomic E-state index is 13.7. The molecule has 144 valence electrons. The van der Waals surface area contributed by atoms with Crippen molar-refractivity contribution in [1.29, 1.82) is 0 Å². The van der Waals surface area contributed by atoms with Gasteiger partial charge in [-0.3, -0.25) is 0 Å². The minimum absolute atomic E-state index is 0.262. The predicted molar refractivity (Wildman–Crippen MR) is 123 cm³/mol. The molecule has 0 aliphatic rings. The first-order valence-corrected chi connectivity index (χ1v) is 10.1. The van der Waals surface area contributed by atoms with Crippen LogP contribution in [-0.2, 0) is 0 Å². The molecule has 4 aromatic carbocycles. The highest BCUT2D eigenvalue weighted by molar-refractivity contribution is 6.30. The number of para-hydroxylation sites is 1. The number of aromatic nitrogens is 1. The van der Waals surface area contributed by atoms with Gasteiger partial charge in [0.2, 0.25) is 0 Å². The molecule has 0 fully saturated rings. The Hall–Kier alpha value is -3.49. The van der Waals surface area contributed by atoms with Gasteiger partial charge in [0.25, 0.3) is 0 Å². The highest BCUT2D eigenvalue weighted by Crippen LogP contribution is 2.43. The van der Waals surface area contributed by atoms with Gasteiger partial charge in [-0.25, -0.2) is 9.37 Å². The molecule has 0 radical (unpaired) electrons. The molecule has 0 saturated carbocycles. The molecule has 1 nitrogen and oxygen atoms in total. The van der Waals surface area contributed by atoms with Gasteiger partial charge >= 0.3 is 0 Å². The van der Waals surface area contributed by atoms with Crippen molar-refractivity contribution in [1.82, 2.24) is 4.98 Å². The monoisotopic (exact) mass is 409 g/mol. The Labute approximate surface area is 179 Å². The number of hydrogen-bond acceptors (Lipinski definition) is 1. The molecule has 1 heterocycles. The van der Waals surface area contributed by atoms with Gasteiger partial charge < -0.3 is 0 Å². The lowest BCUT2D eigenvalue weighted by atomic mass is 9.88. The van der Waals surface area contributed by atoms with E-state index in [1.165, 1.54) is 12.1 Å². The van der Waals surface area contributed by atoms with E-state index >= 15 is 0 Å². The van der Waals surface area contributed by atoms with Crippen LogP contribution in [0.3, 0.4) is 0 Å². The molecule has 5 aromatic rings. The van der Waals surface area contributed by atoms with E-state index in [0.717, 1.165) is 44.4 Å². The van der Waals surface area contributed by atoms with E-state index in [2.05, 4.69) is 18.2 Å². The first-order chi connectivity index (χ1) is 14.7. The van der Waals surface area contributed by atoms with E-state index < -0.39 is 0 Å². The third kappa shape index (κ3) is 3.36. The minimum atomic E-state index is -0.262. The van der Waals surface area contributed by atoms with Crippen molar-refractivity contribution in [3.8, 4) is 33.5 Å². The molecule has 0 bridgehead atoms. The van der Waals surface area contributed by atoms with Crippen LogP contribution in [-0.4, -0.2) is 4.98 Å². The van der Waals surface area contributed by atoms with Crippen LogP contribution in [0, 0.1) is 5.82 Å². The molecule has 3 heteroatoms. The number of rotatable bonds is 3. The van der Waals surface area contributed by atoms with Crippen molar-refractivity contribution in [3.05, 3.63) is 114 Å². The Balaban J connectivity index is 1.94. The van der Waals surface area contributed by atoms with Crippen molar-refractivity contribution in [2.75, 3.05) is 0 Å². The number of fused-ring (bicyclic) bond motifs is 1. The zero-order chi connectivity index (χ0) is 20.5. The topological polar surface area (TPSA) is 12.9 Å². The zero-order valence-electron chi connectivity index (χ0n) is 16.0. The van der Waals surface area contributed by atoms with Crippen LogP contribution in [0.1, 0.15) is 0 Å². The number of halogens is 2. The molecule has 1 aromatic heterocycles. The van der Waals surface area contributed by atoms with Crippen LogP contribution in [0.4, 0.5) is 4.39 Å². The van der Waals surface area contributed by atoms with E-state index in [0.29, 0.717) is 5.02 Å². The quantitative estimate of drug-likeness (QED) is 0.294. The fourth-order valence-corrected chi connectivity index (χ4v) is 3.96. The van der Waals surface area contributed by atoms with Crippen LogP contribution in [0.15, 0.2) is 103 Å². The second-order valence-corrected chi connectivity index (χ2v) is 7.54. The van der Waals surface area contributed by atoms with Gasteiger partial charge in [-0.2, -0.15) is 0 Å². The molecular weight excluding hydrogens is 393 g/mol. The van der Waals surface area contributed by atoms with E-state index in [1.807, 2.05) is 72.8 Å². The summed E-state index contributed by atoms with van der Waals surface area (Å²) in [4.78, 5) is 5.02. The van der Waals surface area contributed by atoms with Crippen LogP contribution in [0.25, 0.3) is 44.4 Å². The van der Waals surface area contributed by atoms with Crippen LogP contribution >= 0.6 is 11.6 Å². The molecule has 0 N–H and O–H groups in total. The van der Waals surface area contributed by atoms with Crippen molar-refractivity contribution in [2.45, 2.75) is 0 Å². The average molecular weight is 410 g/mol. The Bertz CT molecular complexity index is 1330. The highest BCUT2D eigenvalue weighted by atomic mass is 35.5. The zero-order valence-corrected chi connectivity index (χ0v) is 16.8. The van der Waals surface area contributed by atoms with E-state index in [1.54, 1.807) is 0 Å². The maximum atomic E-state index is 13.7. The number of nitrogens with zero attached hydrogens (tertiary/aromatic N) is 1. The first-order valence-electron chi connectivity index (χ1n) is 9.71. The smallest absolute Gasteiger partial charge is 0.123 e. The van der Waals surface area contributed by atoms with Crippen molar-refractivity contribution in [3.63, 3.8) is 0 Å². The Morgan fingerprint density at radius 3 is 1.90 bits per heavy atom. The normalized spacial score (nSPS) is 11.0. The van der Waals surface area contributed by atoms with Gasteiger partial charge in [0, 0.05) is 27.1 Å². The Kier molecular flexibility index (Phi) is 4.78. The summed E-state index contributed by atoms with van der Waals surface area (Å²) < 4.78 is 13.7. The summed E-state index contributed by atoms with van der Waals surface area (Å²) in [6.45, 7) is 0. The SMILES string of the molecule is Fc1ccc(-c2c(-c3ccc(Cl)cc3)nc3ccccc3c2-c2ccccc2)cc1. The lowest BCUT2D eigenvalue weighted by molar-refractivity contribution is 0.628. The molecule has 30 heavy (non-hydrogen) atoms. The van der Waals surface area contributed by atoms with Gasteiger partial charge in [0.05, 0.1) is 11.2 Å². The Morgan fingerprint density at radius 1 is 0.567 bits per heavy atom. The molecule has 0 saturated heterocycles. The van der Waals surface area contributed by atoms with Crippen molar-refractivity contribution < 1.29 is 4.39 Å². The van der Waals surface area contributed by atoms with E-state index in [-0.39, 0.29) is 5.82 Å². The Morgan fingerprint density at radius 2 is 1.17 bits per heavy atom. The predicted octanol–water partition coefficient (Wildman–Crippen LogP) is 8.03. The lowest BCUT2D eigenvalue weighted by Gasteiger charge is -2.18. The summed E-state index contributed by atoms with van der Waals surface area (Å²) in [5.41, 5.74) is 6.77. The van der Waals surface area contributed by atoms with Gasteiger partial charge in [0.1, 0.15) is 5.82 Å². The number of pyridine rings is 1. The second kappa shape index (κ2) is 7.74. The van der Waals surface area contributed by atoms with Gasteiger partial charge in [0.15, 0.2) is 0 Å². The maximum Gasteiger partial charge on any atom is 0.123 e. The van der Waals surface area contributed by atoms with E-state index in [4.69, 9.17) is 16.6 Å². The van der Waals surface area contributed by atoms with E-state index in [9.17, 15) is 4.39 Å². The molecule has 5 rings (SSSR count). The minimum Gasteiger partial charge on any atom is -0.247 e. The van der Waals surface area contributed by atoms with Crippen LogP contribution in [0.5, 0.6) is 0 Å². The third-order valence-corrected chi connectivity index (χ3v) is 5.46. The number of hydrogen-bond donors (Lipinski definition) is 0. The van der Waals surface area contributed by atoms with Crippen molar-refractivity contribution in [2.24, 2.45) is 0 Å². The molecule has 0 aliphatic carbocycles. The third-order valence-electron chi connectivity index (χ3n) is 5.21. The summed E-state index contributed by atoms with van der Waals surface area (Å²) in [7, 11) is 0. The number of benzene rings is 4. The van der Waals surface area contributed by atoms with Gasteiger partial charge in [-0.15, -0.1) is 0 Å². The van der Waals surface area contributed by atoms with Crippen LogP contribution < -0.4 is 0 Å². The highest BCUT2D eigenvalue weighted by Gasteiger charge is 2.19. The molecular formula is C27H17ClFN.